The van der Waals surface area contributed by atoms with Crippen LogP contribution in [0.3, 0.4) is 0 Å². The lowest BCUT2D eigenvalue weighted by molar-refractivity contribution is 0.0664. The van der Waals surface area contributed by atoms with Crippen LogP contribution in [0.25, 0.3) is 22.0 Å². The zero-order valence-electron chi connectivity index (χ0n) is 19.8. The molecule has 0 aliphatic carbocycles. The van der Waals surface area contributed by atoms with Crippen molar-refractivity contribution < 1.29 is 13.2 Å². The maximum absolute atomic E-state index is 13.1. The number of rotatable bonds is 5. The Labute approximate surface area is 209 Å². The number of nitrogens with zero attached hydrogens (tertiary/aromatic N) is 4. The quantitative estimate of drug-likeness (QED) is 0.430. The third-order valence-electron chi connectivity index (χ3n) is 6.26. The van der Waals surface area contributed by atoms with Crippen molar-refractivity contribution in [3.05, 3.63) is 78.5 Å². The number of nitrogens with two attached hydrogens (primary N) is 1. The zero-order valence-corrected chi connectivity index (χ0v) is 20.6. The SMILES string of the molecule is CN1CCN(C(=O)c2cccc(-c3cccc4cnc(Nc5ccc(S(N)(=O)=O)cc5)nc34)c2)CC1. The van der Waals surface area contributed by atoms with Crippen molar-refractivity contribution in [3.8, 4) is 11.1 Å². The molecular weight excluding hydrogens is 476 g/mol. The van der Waals surface area contributed by atoms with E-state index in [2.05, 4.69) is 22.2 Å². The van der Waals surface area contributed by atoms with E-state index < -0.39 is 10.0 Å². The van der Waals surface area contributed by atoms with Crippen molar-refractivity contribution in [2.24, 2.45) is 5.14 Å². The molecule has 0 spiro atoms. The van der Waals surface area contributed by atoms with Gasteiger partial charge < -0.3 is 15.1 Å². The van der Waals surface area contributed by atoms with E-state index in [9.17, 15) is 13.2 Å². The van der Waals surface area contributed by atoms with Crippen LogP contribution in [-0.4, -0.2) is 67.3 Å². The van der Waals surface area contributed by atoms with Crippen LogP contribution in [0.2, 0.25) is 0 Å². The highest BCUT2D eigenvalue weighted by Gasteiger charge is 2.21. The lowest BCUT2D eigenvalue weighted by Gasteiger charge is -2.32. The molecule has 10 heteroatoms. The van der Waals surface area contributed by atoms with Crippen molar-refractivity contribution in [1.82, 2.24) is 19.8 Å². The molecular formula is C26H26N6O3S. The molecule has 184 valence electrons. The second kappa shape index (κ2) is 9.65. The Morgan fingerprint density at radius 2 is 1.69 bits per heavy atom. The van der Waals surface area contributed by atoms with Crippen molar-refractivity contribution in [1.29, 1.82) is 0 Å². The highest BCUT2D eigenvalue weighted by molar-refractivity contribution is 7.89. The van der Waals surface area contributed by atoms with Gasteiger partial charge in [-0.1, -0.05) is 30.3 Å². The van der Waals surface area contributed by atoms with Gasteiger partial charge in [-0.05, 0) is 49.0 Å². The number of para-hydroxylation sites is 1. The molecule has 5 rings (SSSR count). The minimum atomic E-state index is -3.77. The minimum absolute atomic E-state index is 0.0285. The molecule has 0 saturated carbocycles. The molecule has 9 nitrogen and oxygen atoms in total. The van der Waals surface area contributed by atoms with Gasteiger partial charge in [0.25, 0.3) is 5.91 Å². The maximum Gasteiger partial charge on any atom is 0.253 e. The molecule has 3 aromatic carbocycles. The van der Waals surface area contributed by atoms with E-state index in [-0.39, 0.29) is 10.8 Å². The van der Waals surface area contributed by atoms with E-state index in [1.54, 1.807) is 18.3 Å². The fraction of sp³-hybridized carbons (Fsp3) is 0.192. The van der Waals surface area contributed by atoms with Gasteiger partial charge in [-0.15, -0.1) is 0 Å². The molecule has 0 bridgehead atoms. The lowest BCUT2D eigenvalue weighted by Crippen LogP contribution is -2.47. The van der Waals surface area contributed by atoms with Crippen LogP contribution < -0.4 is 10.5 Å². The summed E-state index contributed by atoms with van der Waals surface area (Å²) in [6.07, 6.45) is 1.73. The minimum Gasteiger partial charge on any atom is -0.336 e. The second-order valence-electron chi connectivity index (χ2n) is 8.81. The molecule has 1 saturated heterocycles. The topological polar surface area (TPSA) is 122 Å². The van der Waals surface area contributed by atoms with Gasteiger partial charge in [0.1, 0.15) is 0 Å². The normalized spacial score (nSPS) is 14.7. The number of anilines is 2. The number of fused-ring (bicyclic) bond motifs is 1. The summed E-state index contributed by atoms with van der Waals surface area (Å²) in [7, 11) is -1.70. The van der Waals surface area contributed by atoms with Crippen LogP contribution in [0.5, 0.6) is 0 Å². The summed E-state index contributed by atoms with van der Waals surface area (Å²) in [5, 5.41) is 9.14. The first-order valence-electron chi connectivity index (χ1n) is 11.5. The molecule has 1 amide bonds. The number of carbonyl (C=O) groups is 1. The zero-order chi connectivity index (χ0) is 25.3. The first-order chi connectivity index (χ1) is 17.3. The van der Waals surface area contributed by atoms with Gasteiger partial charge in [-0.2, -0.15) is 0 Å². The van der Waals surface area contributed by atoms with Gasteiger partial charge in [0.15, 0.2) is 0 Å². The average Bonchev–Trinajstić information content (AvgIpc) is 2.88. The number of hydrogen-bond acceptors (Lipinski definition) is 7. The van der Waals surface area contributed by atoms with Crippen LogP contribution >= 0.6 is 0 Å². The number of aromatic nitrogens is 2. The van der Waals surface area contributed by atoms with Crippen molar-refractivity contribution in [2.45, 2.75) is 4.90 Å². The molecule has 3 N–H and O–H groups in total. The number of primary sulfonamides is 1. The summed E-state index contributed by atoms with van der Waals surface area (Å²) in [5.41, 5.74) is 3.79. The molecule has 0 unspecified atom stereocenters. The number of nitrogens with one attached hydrogen (secondary N) is 1. The molecule has 0 atom stereocenters. The first-order valence-corrected chi connectivity index (χ1v) is 13.1. The smallest absolute Gasteiger partial charge is 0.253 e. The van der Waals surface area contributed by atoms with Crippen molar-refractivity contribution >= 4 is 38.5 Å². The van der Waals surface area contributed by atoms with E-state index in [1.807, 2.05) is 47.4 Å². The summed E-state index contributed by atoms with van der Waals surface area (Å²) in [4.78, 5) is 26.4. The molecule has 1 fully saturated rings. The van der Waals surface area contributed by atoms with Gasteiger partial charge in [-0.3, -0.25) is 4.79 Å². The number of piperazine rings is 1. The summed E-state index contributed by atoms with van der Waals surface area (Å²) < 4.78 is 23.0. The van der Waals surface area contributed by atoms with E-state index in [0.29, 0.717) is 30.3 Å². The Hall–Kier alpha value is -3.86. The fourth-order valence-corrected chi connectivity index (χ4v) is 4.73. The first kappa shape index (κ1) is 23.9. The van der Waals surface area contributed by atoms with E-state index in [0.717, 1.165) is 35.1 Å². The van der Waals surface area contributed by atoms with Crippen molar-refractivity contribution in [3.63, 3.8) is 0 Å². The molecule has 4 aromatic rings. The van der Waals surface area contributed by atoms with E-state index in [4.69, 9.17) is 10.1 Å². The summed E-state index contributed by atoms with van der Waals surface area (Å²) in [6, 6.07) is 19.5. The van der Waals surface area contributed by atoms with Gasteiger partial charge in [0.2, 0.25) is 16.0 Å². The van der Waals surface area contributed by atoms with Crippen LogP contribution in [-0.2, 0) is 10.0 Å². The Balaban J connectivity index is 1.45. The van der Waals surface area contributed by atoms with Crippen LogP contribution in [0.4, 0.5) is 11.6 Å². The Kier molecular flexibility index (Phi) is 6.40. The number of sulfonamides is 1. The number of likely N-dealkylation sites (N-methyl/N-ethyl adjacent to an activating group) is 1. The molecule has 1 aliphatic heterocycles. The molecule has 36 heavy (non-hydrogen) atoms. The van der Waals surface area contributed by atoms with E-state index >= 15 is 0 Å². The fourth-order valence-electron chi connectivity index (χ4n) is 4.22. The molecule has 2 heterocycles. The number of hydrogen-bond donors (Lipinski definition) is 2. The summed E-state index contributed by atoms with van der Waals surface area (Å²) in [6.45, 7) is 3.17. The lowest BCUT2D eigenvalue weighted by atomic mass is 10.00. The largest absolute Gasteiger partial charge is 0.336 e. The molecule has 1 aromatic heterocycles. The molecule has 1 aliphatic rings. The van der Waals surface area contributed by atoms with Gasteiger partial charge >= 0.3 is 0 Å². The van der Waals surface area contributed by atoms with Crippen LogP contribution in [0, 0.1) is 0 Å². The summed E-state index contributed by atoms with van der Waals surface area (Å²) in [5.74, 6) is 0.396. The van der Waals surface area contributed by atoms with Crippen molar-refractivity contribution in [2.75, 3.05) is 38.5 Å². The highest BCUT2D eigenvalue weighted by Crippen LogP contribution is 2.29. The Bertz CT molecular complexity index is 1530. The predicted octanol–water partition coefficient (Wildman–Crippen LogP) is 3.08. The summed E-state index contributed by atoms with van der Waals surface area (Å²) >= 11 is 0. The number of carbonyl (C=O) groups excluding carboxylic acids is 1. The highest BCUT2D eigenvalue weighted by atomic mass is 32.2. The predicted molar refractivity (Wildman–Crippen MR) is 139 cm³/mol. The standard InChI is InChI=1S/C26H26N6O3S/c1-31-12-14-32(15-13-31)25(33)19-5-2-4-18(16-19)23-7-3-6-20-17-28-26(30-24(20)23)29-21-8-10-22(11-9-21)36(27,34)35/h2-11,16-17H,12-15H2,1H3,(H2,27,34,35)(H,28,29,30). The average molecular weight is 503 g/mol. The second-order valence-corrected chi connectivity index (χ2v) is 10.4. The third-order valence-corrected chi connectivity index (χ3v) is 7.19. The Morgan fingerprint density at radius 1 is 0.972 bits per heavy atom. The number of amides is 1. The van der Waals surface area contributed by atoms with Crippen LogP contribution in [0.15, 0.2) is 77.8 Å². The third kappa shape index (κ3) is 5.06. The van der Waals surface area contributed by atoms with Gasteiger partial charge in [0, 0.05) is 54.6 Å². The molecule has 0 radical (unpaired) electrons. The monoisotopic (exact) mass is 502 g/mol. The van der Waals surface area contributed by atoms with E-state index in [1.165, 1.54) is 12.1 Å². The van der Waals surface area contributed by atoms with Gasteiger partial charge in [0.05, 0.1) is 10.4 Å². The Morgan fingerprint density at radius 3 is 2.42 bits per heavy atom. The number of benzene rings is 3. The van der Waals surface area contributed by atoms with Crippen LogP contribution in [0.1, 0.15) is 10.4 Å². The maximum atomic E-state index is 13.1. The van der Waals surface area contributed by atoms with Gasteiger partial charge in [-0.25, -0.2) is 23.5 Å².